The molecular weight excluding hydrogens is 286 g/mol. The van der Waals surface area contributed by atoms with Gasteiger partial charge in [0.2, 0.25) is 0 Å². The van der Waals surface area contributed by atoms with Crippen molar-refractivity contribution in [3.05, 3.63) is 84.2 Å². The van der Waals surface area contributed by atoms with Gasteiger partial charge in [-0.1, -0.05) is 36.4 Å². The van der Waals surface area contributed by atoms with Crippen molar-refractivity contribution in [1.82, 2.24) is 4.98 Å². The van der Waals surface area contributed by atoms with Crippen molar-refractivity contribution >= 4 is 5.78 Å². The summed E-state index contributed by atoms with van der Waals surface area (Å²) in [6.45, 7) is 2.04. The van der Waals surface area contributed by atoms with Crippen LogP contribution < -0.4 is 4.74 Å². The Hall–Kier alpha value is -2.94. The smallest absolute Gasteiger partial charge is 0.159 e. The molecule has 0 amide bonds. The van der Waals surface area contributed by atoms with Crippen molar-refractivity contribution in [2.75, 3.05) is 0 Å². The summed E-state index contributed by atoms with van der Waals surface area (Å²) in [6, 6.07) is 19.3. The van der Waals surface area contributed by atoms with Crippen molar-refractivity contribution < 1.29 is 9.53 Å². The van der Waals surface area contributed by atoms with E-state index in [0.717, 1.165) is 22.4 Å². The number of pyridine rings is 1. The fourth-order valence-electron chi connectivity index (χ4n) is 2.36. The minimum Gasteiger partial charge on any atom is -0.488 e. The summed E-state index contributed by atoms with van der Waals surface area (Å²) in [7, 11) is 0. The number of carbonyl (C=O) groups is 1. The maximum absolute atomic E-state index is 11.7. The van der Waals surface area contributed by atoms with Gasteiger partial charge in [0.25, 0.3) is 0 Å². The number of hydrogen-bond acceptors (Lipinski definition) is 3. The Kier molecular flexibility index (Phi) is 4.48. The summed E-state index contributed by atoms with van der Waals surface area (Å²) in [6.07, 6.45) is 3.50. The molecule has 0 aliphatic heterocycles. The van der Waals surface area contributed by atoms with Gasteiger partial charge in [0.15, 0.2) is 5.78 Å². The summed E-state index contributed by atoms with van der Waals surface area (Å²) >= 11 is 0. The minimum atomic E-state index is 0.0322. The molecule has 23 heavy (non-hydrogen) atoms. The zero-order chi connectivity index (χ0) is 16.1. The van der Waals surface area contributed by atoms with Crippen LogP contribution in [0.5, 0.6) is 5.75 Å². The Labute approximate surface area is 135 Å². The highest BCUT2D eigenvalue weighted by atomic mass is 16.5. The fraction of sp³-hybridized carbons (Fsp3) is 0.100. The molecule has 0 atom stereocenters. The summed E-state index contributed by atoms with van der Waals surface area (Å²) in [5.41, 5.74) is 3.57. The molecule has 0 saturated heterocycles. The molecular formula is C20H17NO2. The van der Waals surface area contributed by atoms with Crippen LogP contribution in [0, 0.1) is 0 Å². The Bertz CT molecular complexity index is 798. The van der Waals surface area contributed by atoms with E-state index < -0.39 is 0 Å². The van der Waals surface area contributed by atoms with E-state index in [1.807, 2.05) is 54.6 Å². The van der Waals surface area contributed by atoms with Gasteiger partial charge in [-0.15, -0.1) is 0 Å². The van der Waals surface area contributed by atoms with Gasteiger partial charge in [0, 0.05) is 29.1 Å². The molecule has 3 aromatic rings. The molecule has 3 rings (SSSR count). The number of ether oxygens (including phenoxy) is 1. The Balaban J connectivity index is 1.94. The number of hydrogen-bond donors (Lipinski definition) is 0. The number of rotatable bonds is 5. The van der Waals surface area contributed by atoms with E-state index in [-0.39, 0.29) is 5.78 Å². The van der Waals surface area contributed by atoms with Crippen LogP contribution in [0.15, 0.2) is 73.1 Å². The normalized spacial score (nSPS) is 10.3. The first-order chi connectivity index (χ1) is 11.2. The molecule has 3 heteroatoms. The molecule has 1 aromatic heterocycles. The third kappa shape index (κ3) is 3.64. The zero-order valence-electron chi connectivity index (χ0n) is 12.9. The second-order valence-corrected chi connectivity index (χ2v) is 5.28. The Morgan fingerprint density at radius 2 is 1.87 bits per heavy atom. The van der Waals surface area contributed by atoms with Gasteiger partial charge in [-0.25, -0.2) is 0 Å². The number of benzene rings is 2. The van der Waals surface area contributed by atoms with E-state index in [0.29, 0.717) is 12.2 Å². The predicted molar refractivity (Wildman–Crippen MR) is 90.5 cm³/mol. The molecule has 0 aliphatic rings. The van der Waals surface area contributed by atoms with E-state index in [2.05, 4.69) is 4.98 Å². The molecule has 0 radical (unpaired) electrons. The van der Waals surface area contributed by atoms with Crippen LogP contribution in [0.3, 0.4) is 0 Å². The molecule has 114 valence electrons. The highest BCUT2D eigenvalue weighted by Crippen LogP contribution is 2.31. The summed E-state index contributed by atoms with van der Waals surface area (Å²) in [5.74, 6) is 0.775. The van der Waals surface area contributed by atoms with E-state index in [1.54, 1.807) is 25.4 Å². The number of aromatic nitrogens is 1. The van der Waals surface area contributed by atoms with Crippen LogP contribution in [0.25, 0.3) is 11.1 Å². The van der Waals surface area contributed by atoms with Gasteiger partial charge < -0.3 is 4.74 Å². The van der Waals surface area contributed by atoms with E-state index in [9.17, 15) is 4.79 Å². The largest absolute Gasteiger partial charge is 0.488 e. The average Bonchev–Trinajstić information content (AvgIpc) is 2.61. The van der Waals surface area contributed by atoms with Crippen molar-refractivity contribution in [3.63, 3.8) is 0 Å². The van der Waals surface area contributed by atoms with Gasteiger partial charge in [-0.05, 0) is 36.8 Å². The van der Waals surface area contributed by atoms with Crippen LogP contribution in [-0.2, 0) is 6.61 Å². The SMILES string of the molecule is CC(=O)c1ccc(OCc2ccccc2)c(-c2cccnc2)c1. The van der Waals surface area contributed by atoms with E-state index in [4.69, 9.17) is 4.74 Å². The summed E-state index contributed by atoms with van der Waals surface area (Å²) in [5, 5.41) is 0. The average molecular weight is 303 g/mol. The molecule has 0 N–H and O–H groups in total. The molecule has 0 unspecified atom stereocenters. The van der Waals surface area contributed by atoms with Crippen molar-refractivity contribution in [2.45, 2.75) is 13.5 Å². The maximum Gasteiger partial charge on any atom is 0.159 e. The highest BCUT2D eigenvalue weighted by Gasteiger charge is 2.10. The van der Waals surface area contributed by atoms with Crippen LogP contribution >= 0.6 is 0 Å². The summed E-state index contributed by atoms with van der Waals surface area (Å²) < 4.78 is 5.97. The molecule has 3 nitrogen and oxygen atoms in total. The zero-order valence-corrected chi connectivity index (χ0v) is 12.9. The molecule has 0 spiro atoms. The van der Waals surface area contributed by atoms with Gasteiger partial charge >= 0.3 is 0 Å². The third-order valence-electron chi connectivity index (χ3n) is 3.60. The fourth-order valence-corrected chi connectivity index (χ4v) is 2.36. The first kappa shape index (κ1) is 15.0. The first-order valence-corrected chi connectivity index (χ1v) is 7.46. The predicted octanol–water partition coefficient (Wildman–Crippen LogP) is 4.53. The molecule has 0 fully saturated rings. The second-order valence-electron chi connectivity index (χ2n) is 5.28. The van der Waals surface area contributed by atoms with Gasteiger partial charge in [-0.2, -0.15) is 0 Å². The quantitative estimate of drug-likeness (QED) is 0.650. The summed E-state index contributed by atoms with van der Waals surface area (Å²) in [4.78, 5) is 15.8. The standard InChI is InChI=1S/C20H17NO2/c1-15(22)17-9-10-20(23-14-16-6-3-2-4-7-16)19(12-17)18-8-5-11-21-13-18/h2-13H,14H2,1H3. The Morgan fingerprint density at radius 1 is 1.04 bits per heavy atom. The van der Waals surface area contributed by atoms with Crippen molar-refractivity contribution in [3.8, 4) is 16.9 Å². The molecule has 0 saturated carbocycles. The lowest BCUT2D eigenvalue weighted by Crippen LogP contribution is -1.99. The maximum atomic E-state index is 11.7. The minimum absolute atomic E-state index is 0.0322. The van der Waals surface area contributed by atoms with Crippen molar-refractivity contribution in [2.24, 2.45) is 0 Å². The van der Waals surface area contributed by atoms with E-state index in [1.165, 1.54) is 0 Å². The van der Waals surface area contributed by atoms with Crippen molar-refractivity contribution in [1.29, 1.82) is 0 Å². The van der Waals surface area contributed by atoms with Crippen LogP contribution in [-0.4, -0.2) is 10.8 Å². The number of carbonyl (C=O) groups excluding carboxylic acids is 1. The van der Waals surface area contributed by atoms with Gasteiger partial charge in [-0.3, -0.25) is 9.78 Å². The highest BCUT2D eigenvalue weighted by molar-refractivity contribution is 5.96. The van der Waals surface area contributed by atoms with Crippen LogP contribution in [0.4, 0.5) is 0 Å². The Morgan fingerprint density at radius 3 is 2.57 bits per heavy atom. The molecule has 0 bridgehead atoms. The molecule has 0 aliphatic carbocycles. The third-order valence-corrected chi connectivity index (χ3v) is 3.60. The van der Waals surface area contributed by atoms with Gasteiger partial charge in [0.05, 0.1) is 0 Å². The lowest BCUT2D eigenvalue weighted by Gasteiger charge is -2.13. The van der Waals surface area contributed by atoms with Gasteiger partial charge in [0.1, 0.15) is 12.4 Å². The molecule has 2 aromatic carbocycles. The first-order valence-electron chi connectivity index (χ1n) is 7.46. The number of Topliss-reactive ketones (excluding diaryl/α,β-unsaturated/α-hetero) is 1. The topological polar surface area (TPSA) is 39.2 Å². The lowest BCUT2D eigenvalue weighted by atomic mass is 10.0. The number of nitrogens with zero attached hydrogens (tertiary/aromatic N) is 1. The van der Waals surface area contributed by atoms with E-state index >= 15 is 0 Å². The van der Waals surface area contributed by atoms with Crippen LogP contribution in [0.1, 0.15) is 22.8 Å². The monoisotopic (exact) mass is 303 g/mol. The number of ketones is 1. The second kappa shape index (κ2) is 6.88. The lowest BCUT2D eigenvalue weighted by molar-refractivity contribution is 0.101. The molecule has 1 heterocycles. The van der Waals surface area contributed by atoms with Crippen LogP contribution in [0.2, 0.25) is 0 Å².